The SMILES string of the molecule is CS(=O)(=O)N1CCC(NC(=O)c2ccccc2-c2ncn[nH]2)CC1. The van der Waals surface area contributed by atoms with Gasteiger partial charge in [-0.25, -0.2) is 17.7 Å². The predicted molar refractivity (Wildman–Crippen MR) is 88.7 cm³/mol. The van der Waals surface area contributed by atoms with Gasteiger partial charge in [-0.1, -0.05) is 18.2 Å². The smallest absolute Gasteiger partial charge is 0.252 e. The first-order valence-corrected chi connectivity index (χ1v) is 9.51. The van der Waals surface area contributed by atoms with Crippen molar-refractivity contribution in [2.45, 2.75) is 18.9 Å². The molecule has 2 heterocycles. The lowest BCUT2D eigenvalue weighted by molar-refractivity contribution is 0.0924. The van der Waals surface area contributed by atoms with Gasteiger partial charge in [0.15, 0.2) is 5.82 Å². The Kier molecular flexibility index (Phi) is 4.63. The molecule has 1 aliphatic heterocycles. The molecule has 8 nitrogen and oxygen atoms in total. The van der Waals surface area contributed by atoms with Crippen LogP contribution in [0.1, 0.15) is 23.2 Å². The van der Waals surface area contributed by atoms with Gasteiger partial charge in [0.25, 0.3) is 5.91 Å². The maximum Gasteiger partial charge on any atom is 0.252 e. The summed E-state index contributed by atoms with van der Waals surface area (Å²) in [4.78, 5) is 16.7. The number of hydrogen-bond acceptors (Lipinski definition) is 5. The Morgan fingerprint density at radius 2 is 2.00 bits per heavy atom. The molecule has 0 atom stereocenters. The molecule has 1 aromatic heterocycles. The summed E-state index contributed by atoms with van der Waals surface area (Å²) < 4.78 is 24.5. The lowest BCUT2D eigenvalue weighted by atomic mass is 10.0. The van der Waals surface area contributed by atoms with Gasteiger partial charge in [0, 0.05) is 24.7 Å². The van der Waals surface area contributed by atoms with Crippen LogP contribution in [0.3, 0.4) is 0 Å². The lowest BCUT2D eigenvalue weighted by Gasteiger charge is -2.30. The normalized spacial score (nSPS) is 16.9. The fraction of sp³-hybridized carbons (Fsp3) is 0.400. The zero-order valence-corrected chi connectivity index (χ0v) is 14.1. The number of benzene rings is 1. The Balaban J connectivity index is 1.69. The standard InChI is InChI=1S/C15H19N5O3S/c1-24(22,23)20-8-6-11(7-9-20)18-15(21)13-5-3-2-4-12(13)14-16-10-17-19-14/h2-5,10-11H,6-9H2,1H3,(H,18,21)(H,16,17,19). The number of hydrogen-bond donors (Lipinski definition) is 2. The second-order valence-electron chi connectivity index (χ2n) is 5.79. The number of H-pyrrole nitrogens is 1. The van der Waals surface area contributed by atoms with E-state index in [1.807, 2.05) is 12.1 Å². The minimum absolute atomic E-state index is 0.0433. The second kappa shape index (κ2) is 6.70. The molecule has 0 unspecified atom stereocenters. The van der Waals surface area contributed by atoms with Crippen molar-refractivity contribution in [3.8, 4) is 11.4 Å². The van der Waals surface area contributed by atoms with Crippen molar-refractivity contribution in [1.29, 1.82) is 0 Å². The maximum absolute atomic E-state index is 12.6. The van der Waals surface area contributed by atoms with E-state index < -0.39 is 10.0 Å². The van der Waals surface area contributed by atoms with Gasteiger partial charge >= 0.3 is 0 Å². The van der Waals surface area contributed by atoms with Crippen molar-refractivity contribution < 1.29 is 13.2 Å². The molecule has 24 heavy (non-hydrogen) atoms. The van der Waals surface area contributed by atoms with E-state index in [1.165, 1.54) is 16.9 Å². The third kappa shape index (κ3) is 3.62. The second-order valence-corrected chi connectivity index (χ2v) is 7.77. The number of aromatic nitrogens is 3. The number of carbonyl (C=O) groups excluding carboxylic acids is 1. The van der Waals surface area contributed by atoms with Crippen LogP contribution in [0.4, 0.5) is 0 Å². The van der Waals surface area contributed by atoms with Crippen molar-refractivity contribution in [2.75, 3.05) is 19.3 Å². The van der Waals surface area contributed by atoms with Gasteiger partial charge in [0.05, 0.1) is 11.8 Å². The number of nitrogens with one attached hydrogen (secondary N) is 2. The van der Waals surface area contributed by atoms with Gasteiger partial charge in [0.1, 0.15) is 6.33 Å². The summed E-state index contributed by atoms with van der Waals surface area (Å²) >= 11 is 0. The summed E-state index contributed by atoms with van der Waals surface area (Å²) in [7, 11) is -3.16. The molecule has 1 saturated heterocycles. The number of piperidine rings is 1. The van der Waals surface area contributed by atoms with Crippen molar-refractivity contribution in [1.82, 2.24) is 24.8 Å². The van der Waals surface area contributed by atoms with Crippen LogP contribution < -0.4 is 5.32 Å². The molecular weight excluding hydrogens is 330 g/mol. The first-order valence-electron chi connectivity index (χ1n) is 7.66. The van der Waals surface area contributed by atoms with Crippen LogP contribution in [0, 0.1) is 0 Å². The lowest BCUT2D eigenvalue weighted by Crippen LogP contribution is -2.46. The number of rotatable bonds is 4. The van der Waals surface area contributed by atoms with Crippen LogP contribution in [0.2, 0.25) is 0 Å². The number of aromatic amines is 1. The molecule has 1 amide bonds. The van der Waals surface area contributed by atoms with Gasteiger partial charge in [-0.15, -0.1) is 0 Å². The first-order chi connectivity index (χ1) is 11.4. The van der Waals surface area contributed by atoms with Crippen molar-refractivity contribution in [2.24, 2.45) is 0 Å². The van der Waals surface area contributed by atoms with Crippen molar-refractivity contribution >= 4 is 15.9 Å². The topological polar surface area (TPSA) is 108 Å². The summed E-state index contributed by atoms with van der Waals surface area (Å²) in [6.07, 6.45) is 3.80. The Bertz CT molecular complexity index is 811. The fourth-order valence-electron chi connectivity index (χ4n) is 2.82. The molecule has 128 valence electrons. The minimum Gasteiger partial charge on any atom is -0.349 e. The summed E-state index contributed by atoms with van der Waals surface area (Å²) in [5.74, 6) is 0.340. The van der Waals surface area contributed by atoms with E-state index in [0.717, 1.165) is 0 Å². The van der Waals surface area contributed by atoms with E-state index >= 15 is 0 Å². The monoisotopic (exact) mass is 349 g/mol. The molecule has 0 saturated carbocycles. The van der Waals surface area contributed by atoms with Crippen LogP contribution in [0.15, 0.2) is 30.6 Å². The average Bonchev–Trinajstić information content (AvgIpc) is 3.09. The van der Waals surface area contributed by atoms with Crippen LogP contribution in [0.25, 0.3) is 11.4 Å². The van der Waals surface area contributed by atoms with Gasteiger partial charge in [0.2, 0.25) is 10.0 Å². The minimum atomic E-state index is -3.16. The van der Waals surface area contributed by atoms with Crippen LogP contribution in [-0.4, -0.2) is 59.2 Å². The van der Waals surface area contributed by atoms with E-state index in [4.69, 9.17) is 0 Å². The molecule has 0 bridgehead atoms. The van der Waals surface area contributed by atoms with Crippen LogP contribution >= 0.6 is 0 Å². The Morgan fingerprint density at radius 1 is 1.29 bits per heavy atom. The summed E-state index contributed by atoms with van der Waals surface area (Å²) in [5.41, 5.74) is 1.20. The number of sulfonamides is 1. The predicted octanol–water partition coefficient (Wildman–Crippen LogP) is 0.625. The zero-order valence-electron chi connectivity index (χ0n) is 13.3. The van der Waals surface area contributed by atoms with Crippen molar-refractivity contribution in [3.05, 3.63) is 36.2 Å². The zero-order chi connectivity index (χ0) is 17.2. The van der Waals surface area contributed by atoms with E-state index in [0.29, 0.717) is 42.9 Å². The Morgan fingerprint density at radius 3 is 2.62 bits per heavy atom. The quantitative estimate of drug-likeness (QED) is 0.841. The molecule has 1 fully saturated rings. The Labute approximate surface area is 140 Å². The highest BCUT2D eigenvalue weighted by molar-refractivity contribution is 7.88. The highest BCUT2D eigenvalue weighted by Crippen LogP contribution is 2.20. The van der Waals surface area contributed by atoms with Gasteiger partial charge < -0.3 is 5.32 Å². The molecule has 0 radical (unpaired) electrons. The average molecular weight is 349 g/mol. The molecule has 3 rings (SSSR count). The third-order valence-corrected chi connectivity index (χ3v) is 5.40. The van der Waals surface area contributed by atoms with Crippen LogP contribution in [-0.2, 0) is 10.0 Å². The van der Waals surface area contributed by atoms with Crippen molar-refractivity contribution in [3.63, 3.8) is 0 Å². The van der Waals surface area contributed by atoms with Gasteiger partial charge in [-0.05, 0) is 18.9 Å². The highest BCUT2D eigenvalue weighted by atomic mass is 32.2. The molecular formula is C15H19N5O3S. The third-order valence-electron chi connectivity index (χ3n) is 4.10. The van der Waals surface area contributed by atoms with E-state index in [9.17, 15) is 13.2 Å². The Hall–Kier alpha value is -2.26. The van der Waals surface area contributed by atoms with Gasteiger partial charge in [-0.3, -0.25) is 9.89 Å². The number of amides is 1. The first kappa shape index (κ1) is 16.6. The summed E-state index contributed by atoms with van der Waals surface area (Å²) in [5, 5.41) is 9.56. The van der Waals surface area contributed by atoms with E-state index in [1.54, 1.807) is 12.1 Å². The summed E-state index contributed by atoms with van der Waals surface area (Å²) in [6, 6.07) is 7.12. The van der Waals surface area contributed by atoms with E-state index in [-0.39, 0.29) is 11.9 Å². The molecule has 2 N–H and O–H groups in total. The number of carbonyl (C=O) groups is 1. The molecule has 2 aromatic rings. The highest BCUT2D eigenvalue weighted by Gasteiger charge is 2.26. The molecule has 1 aliphatic rings. The fourth-order valence-corrected chi connectivity index (χ4v) is 3.69. The molecule has 1 aromatic carbocycles. The molecule has 0 aliphatic carbocycles. The molecule has 0 spiro atoms. The summed E-state index contributed by atoms with van der Waals surface area (Å²) in [6.45, 7) is 0.848. The van der Waals surface area contributed by atoms with Crippen LogP contribution in [0.5, 0.6) is 0 Å². The van der Waals surface area contributed by atoms with E-state index in [2.05, 4.69) is 20.5 Å². The largest absolute Gasteiger partial charge is 0.349 e. The van der Waals surface area contributed by atoms with Gasteiger partial charge in [-0.2, -0.15) is 5.10 Å². The number of nitrogens with zero attached hydrogens (tertiary/aromatic N) is 3. The molecule has 9 heteroatoms. The maximum atomic E-state index is 12.6.